The maximum Gasteiger partial charge on any atom is 0.265 e. The van der Waals surface area contributed by atoms with Crippen LogP contribution in [-0.2, 0) is 4.79 Å². The van der Waals surface area contributed by atoms with Gasteiger partial charge in [0.25, 0.3) is 5.91 Å². The molecule has 0 aliphatic rings. The average molecular weight is 353 g/mol. The van der Waals surface area contributed by atoms with E-state index in [0.717, 1.165) is 22.5 Å². The molecule has 0 bridgehead atoms. The quantitative estimate of drug-likeness (QED) is 0.724. The third kappa shape index (κ3) is 4.16. The Balaban J connectivity index is 1.69. The van der Waals surface area contributed by atoms with Crippen molar-refractivity contribution in [2.24, 2.45) is 0 Å². The van der Waals surface area contributed by atoms with Crippen molar-refractivity contribution in [3.05, 3.63) is 59.5 Å². The van der Waals surface area contributed by atoms with Crippen LogP contribution in [0.3, 0.4) is 0 Å². The fraction of sp³-hybridized carbons (Fsp3) is 0.158. The van der Waals surface area contributed by atoms with E-state index in [9.17, 15) is 4.79 Å². The SMILES string of the molecule is Cc1ccccc1NC(=O)C(C)Oc1cccc(-c2csc(N)n2)c1. The molecule has 2 aromatic carbocycles. The number of ether oxygens (including phenoxy) is 1. The molecule has 0 fully saturated rings. The normalized spacial score (nSPS) is 11.8. The predicted octanol–water partition coefficient (Wildman–Crippen LogP) is 4.11. The number of carbonyl (C=O) groups excluding carboxylic acids is 1. The third-order valence-corrected chi connectivity index (χ3v) is 4.41. The summed E-state index contributed by atoms with van der Waals surface area (Å²) in [6, 6.07) is 15.1. The zero-order valence-corrected chi connectivity index (χ0v) is 14.8. The summed E-state index contributed by atoms with van der Waals surface area (Å²) in [4.78, 5) is 16.6. The van der Waals surface area contributed by atoms with Crippen LogP contribution in [0.15, 0.2) is 53.9 Å². The first-order chi connectivity index (χ1) is 12.0. The molecule has 1 amide bonds. The maximum absolute atomic E-state index is 12.4. The second-order valence-electron chi connectivity index (χ2n) is 5.66. The Bertz CT molecular complexity index is 892. The molecule has 6 heteroatoms. The van der Waals surface area contributed by atoms with Crippen molar-refractivity contribution in [3.63, 3.8) is 0 Å². The van der Waals surface area contributed by atoms with Gasteiger partial charge in [-0.05, 0) is 37.6 Å². The topological polar surface area (TPSA) is 77.2 Å². The molecule has 1 unspecified atom stereocenters. The summed E-state index contributed by atoms with van der Waals surface area (Å²) in [5, 5.41) is 5.30. The van der Waals surface area contributed by atoms with E-state index in [1.807, 2.05) is 60.8 Å². The number of para-hydroxylation sites is 1. The molecular weight excluding hydrogens is 334 g/mol. The molecule has 0 saturated heterocycles. The van der Waals surface area contributed by atoms with Crippen LogP contribution in [0.4, 0.5) is 10.8 Å². The van der Waals surface area contributed by atoms with E-state index >= 15 is 0 Å². The number of carbonyl (C=O) groups is 1. The molecule has 3 N–H and O–H groups in total. The lowest BCUT2D eigenvalue weighted by molar-refractivity contribution is -0.122. The Kier molecular flexibility index (Phi) is 5.00. The number of nitrogens with zero attached hydrogens (tertiary/aromatic N) is 1. The van der Waals surface area contributed by atoms with Crippen molar-refractivity contribution in [2.75, 3.05) is 11.1 Å². The van der Waals surface area contributed by atoms with Crippen LogP contribution in [-0.4, -0.2) is 17.0 Å². The lowest BCUT2D eigenvalue weighted by Gasteiger charge is -2.16. The van der Waals surface area contributed by atoms with Gasteiger partial charge in [0, 0.05) is 16.6 Å². The number of benzene rings is 2. The van der Waals surface area contributed by atoms with Crippen molar-refractivity contribution in [3.8, 4) is 17.0 Å². The summed E-state index contributed by atoms with van der Waals surface area (Å²) in [6.07, 6.45) is -0.629. The van der Waals surface area contributed by atoms with Crippen LogP contribution in [0.25, 0.3) is 11.3 Å². The summed E-state index contributed by atoms with van der Waals surface area (Å²) in [5.74, 6) is 0.411. The minimum atomic E-state index is -0.629. The van der Waals surface area contributed by atoms with E-state index in [0.29, 0.717) is 10.9 Å². The first kappa shape index (κ1) is 17.0. The molecule has 25 heavy (non-hydrogen) atoms. The third-order valence-electron chi connectivity index (χ3n) is 3.74. The summed E-state index contributed by atoms with van der Waals surface area (Å²) in [6.45, 7) is 3.67. The molecule has 1 atom stereocenters. The Hall–Kier alpha value is -2.86. The van der Waals surface area contributed by atoms with E-state index in [-0.39, 0.29) is 5.91 Å². The van der Waals surface area contributed by atoms with E-state index in [2.05, 4.69) is 10.3 Å². The van der Waals surface area contributed by atoms with Gasteiger partial charge >= 0.3 is 0 Å². The zero-order chi connectivity index (χ0) is 17.8. The highest BCUT2D eigenvalue weighted by atomic mass is 32.1. The number of anilines is 2. The molecule has 0 radical (unpaired) electrons. The van der Waals surface area contributed by atoms with Crippen LogP contribution in [0.5, 0.6) is 5.75 Å². The number of hydrogen-bond donors (Lipinski definition) is 2. The number of aryl methyl sites for hydroxylation is 1. The summed E-state index contributed by atoms with van der Waals surface area (Å²) in [7, 11) is 0. The van der Waals surface area contributed by atoms with E-state index < -0.39 is 6.10 Å². The number of nitrogens with one attached hydrogen (secondary N) is 1. The minimum Gasteiger partial charge on any atom is -0.481 e. The van der Waals surface area contributed by atoms with Gasteiger partial charge in [0.15, 0.2) is 11.2 Å². The van der Waals surface area contributed by atoms with Gasteiger partial charge in [-0.25, -0.2) is 4.98 Å². The van der Waals surface area contributed by atoms with E-state index in [4.69, 9.17) is 10.5 Å². The fourth-order valence-corrected chi connectivity index (χ4v) is 2.93. The van der Waals surface area contributed by atoms with E-state index in [1.54, 1.807) is 6.92 Å². The highest BCUT2D eigenvalue weighted by Gasteiger charge is 2.16. The van der Waals surface area contributed by atoms with Crippen LogP contribution in [0.2, 0.25) is 0 Å². The van der Waals surface area contributed by atoms with Gasteiger partial charge in [-0.3, -0.25) is 4.79 Å². The average Bonchev–Trinajstić information content (AvgIpc) is 3.03. The first-order valence-corrected chi connectivity index (χ1v) is 8.75. The zero-order valence-electron chi connectivity index (χ0n) is 14.0. The molecule has 3 rings (SSSR count). The molecule has 0 aliphatic carbocycles. The van der Waals surface area contributed by atoms with E-state index in [1.165, 1.54) is 11.3 Å². The van der Waals surface area contributed by atoms with Gasteiger partial charge in [0.2, 0.25) is 0 Å². The number of hydrogen-bond acceptors (Lipinski definition) is 5. The van der Waals surface area contributed by atoms with Crippen molar-refractivity contribution in [1.82, 2.24) is 4.98 Å². The van der Waals surface area contributed by atoms with Crippen LogP contribution >= 0.6 is 11.3 Å². The van der Waals surface area contributed by atoms with Crippen LogP contribution in [0.1, 0.15) is 12.5 Å². The molecule has 0 saturated carbocycles. The number of thiazole rings is 1. The van der Waals surface area contributed by atoms with Crippen LogP contribution in [0, 0.1) is 6.92 Å². The summed E-state index contributed by atoms with van der Waals surface area (Å²) >= 11 is 1.39. The predicted molar refractivity (Wildman–Crippen MR) is 102 cm³/mol. The molecule has 1 heterocycles. The number of aromatic nitrogens is 1. The molecular formula is C19H19N3O2S. The molecule has 3 aromatic rings. The molecule has 0 aliphatic heterocycles. The number of rotatable bonds is 5. The van der Waals surface area contributed by atoms with Gasteiger partial charge in [-0.1, -0.05) is 30.3 Å². The second kappa shape index (κ2) is 7.36. The van der Waals surface area contributed by atoms with Gasteiger partial charge in [0.1, 0.15) is 5.75 Å². The molecule has 1 aromatic heterocycles. The highest BCUT2D eigenvalue weighted by Crippen LogP contribution is 2.26. The van der Waals surface area contributed by atoms with Crippen molar-refractivity contribution >= 4 is 28.1 Å². The van der Waals surface area contributed by atoms with Crippen molar-refractivity contribution < 1.29 is 9.53 Å². The monoisotopic (exact) mass is 353 g/mol. The fourth-order valence-electron chi connectivity index (χ4n) is 2.35. The van der Waals surface area contributed by atoms with Crippen LogP contribution < -0.4 is 15.8 Å². The number of nitrogen functional groups attached to an aromatic ring is 1. The van der Waals surface area contributed by atoms with Gasteiger partial charge < -0.3 is 15.8 Å². The Labute approximate surface area is 150 Å². The molecule has 5 nitrogen and oxygen atoms in total. The van der Waals surface area contributed by atoms with Crippen molar-refractivity contribution in [1.29, 1.82) is 0 Å². The molecule has 128 valence electrons. The lowest BCUT2D eigenvalue weighted by atomic mass is 10.1. The Morgan fingerprint density at radius 1 is 1.24 bits per heavy atom. The summed E-state index contributed by atoms with van der Waals surface area (Å²) < 4.78 is 5.79. The Morgan fingerprint density at radius 2 is 2.04 bits per heavy atom. The second-order valence-corrected chi connectivity index (χ2v) is 6.55. The van der Waals surface area contributed by atoms with Crippen molar-refractivity contribution in [2.45, 2.75) is 20.0 Å². The molecule has 0 spiro atoms. The summed E-state index contributed by atoms with van der Waals surface area (Å²) in [5.41, 5.74) is 9.17. The maximum atomic E-state index is 12.4. The van der Waals surface area contributed by atoms with Gasteiger partial charge in [-0.2, -0.15) is 0 Å². The lowest BCUT2D eigenvalue weighted by Crippen LogP contribution is -2.30. The van der Waals surface area contributed by atoms with Gasteiger partial charge in [0.05, 0.1) is 5.69 Å². The standard InChI is InChI=1S/C19H19N3O2S/c1-12-6-3-4-9-16(12)21-18(23)13(2)24-15-8-5-7-14(10-15)17-11-25-19(20)22-17/h3-11,13H,1-2H3,(H2,20,22)(H,21,23). The number of amides is 1. The smallest absolute Gasteiger partial charge is 0.265 e. The first-order valence-electron chi connectivity index (χ1n) is 7.87. The minimum absolute atomic E-state index is 0.197. The highest BCUT2D eigenvalue weighted by molar-refractivity contribution is 7.13. The number of nitrogens with two attached hydrogens (primary N) is 1. The largest absolute Gasteiger partial charge is 0.481 e. The Morgan fingerprint density at radius 3 is 2.76 bits per heavy atom. The van der Waals surface area contributed by atoms with Gasteiger partial charge in [-0.15, -0.1) is 11.3 Å².